The van der Waals surface area contributed by atoms with Crippen molar-refractivity contribution in [2.45, 2.75) is 32.5 Å². The minimum Gasteiger partial charge on any atom is -0.388 e. The Morgan fingerprint density at radius 2 is 1.87 bits per heavy atom. The van der Waals surface area contributed by atoms with Crippen LogP contribution in [0.3, 0.4) is 0 Å². The summed E-state index contributed by atoms with van der Waals surface area (Å²) in [6, 6.07) is 7.23. The highest BCUT2D eigenvalue weighted by molar-refractivity contribution is 6.30. The molecule has 0 radical (unpaired) electrons. The van der Waals surface area contributed by atoms with E-state index in [1.54, 1.807) is 12.1 Å². The number of hydrogen-bond acceptors (Lipinski definition) is 2. The van der Waals surface area contributed by atoms with Crippen LogP contribution in [0.4, 0.5) is 0 Å². The van der Waals surface area contributed by atoms with Gasteiger partial charge in [0.25, 0.3) is 0 Å². The van der Waals surface area contributed by atoms with Crippen LogP contribution in [-0.4, -0.2) is 17.8 Å². The van der Waals surface area contributed by atoms with Crippen LogP contribution < -0.4 is 0 Å². The molecule has 2 nitrogen and oxygen atoms in total. The molecule has 1 N–H and O–H groups in total. The summed E-state index contributed by atoms with van der Waals surface area (Å²) in [5, 5.41) is 10.5. The number of ether oxygens (including phenoxy) is 1. The van der Waals surface area contributed by atoms with E-state index in [1.807, 2.05) is 26.0 Å². The second kappa shape index (κ2) is 6.11. The third-order valence-electron chi connectivity index (χ3n) is 2.10. The van der Waals surface area contributed by atoms with Crippen LogP contribution in [-0.2, 0) is 4.74 Å². The van der Waals surface area contributed by atoms with Crippen LogP contribution in [0.1, 0.15) is 31.9 Å². The highest BCUT2D eigenvalue weighted by Gasteiger charge is 2.07. The molecule has 0 saturated heterocycles. The van der Waals surface area contributed by atoms with Gasteiger partial charge in [-0.3, -0.25) is 0 Å². The fourth-order valence-corrected chi connectivity index (χ4v) is 1.39. The van der Waals surface area contributed by atoms with Gasteiger partial charge in [-0.05, 0) is 31.5 Å². The van der Waals surface area contributed by atoms with Crippen LogP contribution in [0.15, 0.2) is 24.3 Å². The molecule has 3 heteroatoms. The first-order chi connectivity index (χ1) is 7.09. The van der Waals surface area contributed by atoms with Gasteiger partial charge < -0.3 is 9.84 Å². The number of halogens is 1. The summed E-state index contributed by atoms with van der Waals surface area (Å²) in [6.45, 7) is 4.53. The number of benzene rings is 1. The van der Waals surface area contributed by atoms with Gasteiger partial charge in [0.05, 0.1) is 12.2 Å². The van der Waals surface area contributed by atoms with Crippen molar-refractivity contribution in [2.24, 2.45) is 0 Å². The fourth-order valence-electron chi connectivity index (χ4n) is 1.27. The molecule has 1 atom stereocenters. The maximum atomic E-state index is 9.80. The summed E-state index contributed by atoms with van der Waals surface area (Å²) >= 11 is 5.76. The Kier molecular flexibility index (Phi) is 5.09. The lowest BCUT2D eigenvalue weighted by Crippen LogP contribution is -2.08. The lowest BCUT2D eigenvalue weighted by molar-refractivity contribution is 0.0465. The topological polar surface area (TPSA) is 29.5 Å². The number of aliphatic hydroxyl groups is 1. The number of rotatable bonds is 5. The van der Waals surface area contributed by atoms with Crippen molar-refractivity contribution in [3.63, 3.8) is 0 Å². The Morgan fingerprint density at radius 1 is 1.27 bits per heavy atom. The molecular formula is C12H17ClO2. The largest absolute Gasteiger partial charge is 0.388 e. The molecule has 0 heterocycles. The van der Waals surface area contributed by atoms with E-state index < -0.39 is 6.10 Å². The van der Waals surface area contributed by atoms with Crippen molar-refractivity contribution in [1.29, 1.82) is 0 Å². The molecule has 0 aromatic heterocycles. The van der Waals surface area contributed by atoms with Gasteiger partial charge in [0.2, 0.25) is 0 Å². The van der Waals surface area contributed by atoms with Gasteiger partial charge >= 0.3 is 0 Å². The monoisotopic (exact) mass is 228 g/mol. The Labute approximate surface area is 95.8 Å². The standard InChI is InChI=1S/C12H17ClO2/c1-9(2)15-8-7-12(14)10-3-5-11(13)6-4-10/h3-6,9,12,14H,7-8H2,1-2H3. The Hall–Kier alpha value is -0.570. The van der Waals surface area contributed by atoms with E-state index in [0.717, 1.165) is 5.56 Å². The Morgan fingerprint density at radius 3 is 2.40 bits per heavy atom. The average Bonchev–Trinajstić information content (AvgIpc) is 2.18. The molecule has 0 spiro atoms. The predicted octanol–water partition coefficient (Wildman–Crippen LogP) is 3.19. The molecule has 0 fully saturated rings. The zero-order valence-electron chi connectivity index (χ0n) is 9.11. The molecule has 0 aliphatic heterocycles. The van der Waals surface area contributed by atoms with Gasteiger partial charge in [-0.1, -0.05) is 23.7 Å². The quantitative estimate of drug-likeness (QED) is 0.839. The van der Waals surface area contributed by atoms with Crippen LogP contribution >= 0.6 is 11.6 Å². The highest BCUT2D eigenvalue weighted by atomic mass is 35.5. The van der Waals surface area contributed by atoms with E-state index >= 15 is 0 Å². The van der Waals surface area contributed by atoms with Gasteiger partial charge in [0.15, 0.2) is 0 Å². The highest BCUT2D eigenvalue weighted by Crippen LogP contribution is 2.19. The fraction of sp³-hybridized carbons (Fsp3) is 0.500. The van der Waals surface area contributed by atoms with Gasteiger partial charge in [-0.15, -0.1) is 0 Å². The second-order valence-corrected chi connectivity index (χ2v) is 4.21. The number of aliphatic hydroxyl groups excluding tert-OH is 1. The molecule has 1 rings (SSSR count). The third-order valence-corrected chi connectivity index (χ3v) is 2.35. The van der Waals surface area contributed by atoms with Crippen LogP contribution in [0.5, 0.6) is 0 Å². The molecule has 0 bridgehead atoms. The molecule has 84 valence electrons. The summed E-state index contributed by atoms with van der Waals surface area (Å²) in [5.74, 6) is 0. The molecule has 15 heavy (non-hydrogen) atoms. The van der Waals surface area contributed by atoms with Crippen LogP contribution in [0.25, 0.3) is 0 Å². The maximum Gasteiger partial charge on any atom is 0.0812 e. The second-order valence-electron chi connectivity index (χ2n) is 3.78. The molecule has 1 aromatic carbocycles. The zero-order valence-corrected chi connectivity index (χ0v) is 9.87. The van der Waals surface area contributed by atoms with E-state index in [0.29, 0.717) is 18.1 Å². The summed E-state index contributed by atoms with van der Waals surface area (Å²) in [5.41, 5.74) is 0.881. The van der Waals surface area contributed by atoms with Gasteiger partial charge in [0, 0.05) is 18.1 Å². The molecular weight excluding hydrogens is 212 g/mol. The molecule has 0 amide bonds. The van der Waals surface area contributed by atoms with Crippen LogP contribution in [0.2, 0.25) is 5.02 Å². The molecule has 1 unspecified atom stereocenters. The first-order valence-electron chi connectivity index (χ1n) is 5.14. The van der Waals surface area contributed by atoms with Gasteiger partial charge in [-0.25, -0.2) is 0 Å². The summed E-state index contributed by atoms with van der Waals surface area (Å²) < 4.78 is 5.37. The van der Waals surface area contributed by atoms with Crippen molar-refractivity contribution in [3.8, 4) is 0 Å². The summed E-state index contributed by atoms with van der Waals surface area (Å²) in [7, 11) is 0. The van der Waals surface area contributed by atoms with Crippen molar-refractivity contribution < 1.29 is 9.84 Å². The van der Waals surface area contributed by atoms with Crippen molar-refractivity contribution in [3.05, 3.63) is 34.9 Å². The van der Waals surface area contributed by atoms with Gasteiger partial charge in [-0.2, -0.15) is 0 Å². The van der Waals surface area contributed by atoms with E-state index in [9.17, 15) is 5.11 Å². The van der Waals surface area contributed by atoms with E-state index in [-0.39, 0.29) is 6.10 Å². The molecule has 0 saturated carbocycles. The lowest BCUT2D eigenvalue weighted by atomic mass is 10.1. The smallest absolute Gasteiger partial charge is 0.0812 e. The molecule has 0 aliphatic carbocycles. The van der Waals surface area contributed by atoms with Crippen molar-refractivity contribution in [2.75, 3.05) is 6.61 Å². The van der Waals surface area contributed by atoms with Crippen molar-refractivity contribution in [1.82, 2.24) is 0 Å². The summed E-state index contributed by atoms with van der Waals surface area (Å²) in [6.07, 6.45) is 0.350. The van der Waals surface area contributed by atoms with Gasteiger partial charge in [0.1, 0.15) is 0 Å². The number of hydrogen-bond donors (Lipinski definition) is 1. The minimum atomic E-state index is -0.471. The first kappa shape index (κ1) is 12.5. The SMILES string of the molecule is CC(C)OCCC(O)c1ccc(Cl)cc1. The predicted molar refractivity (Wildman–Crippen MR) is 62.1 cm³/mol. The first-order valence-corrected chi connectivity index (χ1v) is 5.52. The Balaban J connectivity index is 2.40. The third kappa shape index (κ3) is 4.65. The van der Waals surface area contributed by atoms with E-state index in [4.69, 9.17) is 16.3 Å². The zero-order chi connectivity index (χ0) is 11.3. The Bertz CT molecular complexity index is 282. The average molecular weight is 229 g/mol. The molecule has 0 aliphatic rings. The summed E-state index contributed by atoms with van der Waals surface area (Å²) in [4.78, 5) is 0. The minimum absolute atomic E-state index is 0.211. The van der Waals surface area contributed by atoms with E-state index in [2.05, 4.69) is 0 Å². The lowest BCUT2D eigenvalue weighted by Gasteiger charge is -2.12. The maximum absolute atomic E-state index is 9.80. The van der Waals surface area contributed by atoms with Crippen molar-refractivity contribution >= 4 is 11.6 Å². The van der Waals surface area contributed by atoms with E-state index in [1.165, 1.54) is 0 Å². The normalized spacial score (nSPS) is 13.1. The van der Waals surface area contributed by atoms with Crippen LogP contribution in [0, 0.1) is 0 Å². The molecule has 1 aromatic rings.